The topological polar surface area (TPSA) is 28.1 Å². The maximum atomic E-state index is 4.58. The fourth-order valence-electron chi connectivity index (χ4n) is 1.87. The van der Waals surface area contributed by atoms with Gasteiger partial charge in [0, 0.05) is 35.0 Å². The Bertz CT molecular complexity index is 513. The standard InChI is InChI=1S/C12H12N2S/c1-2-5-11-9(4-1)10(8-14-11)12-13-6-3-7-15-12/h1-2,4-5,8,14H,3,6-7H2. The lowest BCUT2D eigenvalue weighted by molar-refractivity contribution is 0.939. The lowest BCUT2D eigenvalue weighted by Gasteiger charge is -2.09. The molecular formula is C12H12N2S. The van der Waals surface area contributed by atoms with Crippen molar-refractivity contribution in [3.8, 4) is 0 Å². The Morgan fingerprint density at radius 1 is 1.27 bits per heavy atom. The number of nitrogens with zero attached hydrogens (tertiary/aromatic N) is 1. The normalized spacial score (nSPS) is 16.7. The molecular weight excluding hydrogens is 204 g/mol. The molecule has 0 unspecified atom stereocenters. The highest BCUT2D eigenvalue weighted by Crippen LogP contribution is 2.25. The Morgan fingerprint density at radius 3 is 3.07 bits per heavy atom. The van der Waals surface area contributed by atoms with Crippen LogP contribution in [0.5, 0.6) is 0 Å². The van der Waals surface area contributed by atoms with E-state index in [0.29, 0.717) is 0 Å². The number of nitrogens with one attached hydrogen (secondary N) is 1. The van der Waals surface area contributed by atoms with Crippen molar-refractivity contribution in [1.82, 2.24) is 4.98 Å². The summed E-state index contributed by atoms with van der Waals surface area (Å²) in [6.45, 7) is 0.974. The molecule has 3 heteroatoms. The number of aliphatic imine (C=N–C) groups is 1. The van der Waals surface area contributed by atoms with Gasteiger partial charge in [-0.15, -0.1) is 11.8 Å². The fraction of sp³-hybridized carbons (Fsp3) is 0.250. The third kappa shape index (κ3) is 1.57. The van der Waals surface area contributed by atoms with E-state index in [2.05, 4.69) is 40.4 Å². The highest BCUT2D eigenvalue weighted by atomic mass is 32.2. The predicted molar refractivity (Wildman–Crippen MR) is 66.8 cm³/mol. The molecule has 3 rings (SSSR count). The van der Waals surface area contributed by atoms with Crippen LogP contribution in [0, 0.1) is 0 Å². The zero-order chi connectivity index (χ0) is 10.1. The second kappa shape index (κ2) is 3.74. The van der Waals surface area contributed by atoms with Gasteiger partial charge in [0.1, 0.15) is 0 Å². The maximum Gasteiger partial charge on any atom is 0.0998 e. The van der Waals surface area contributed by atoms with Gasteiger partial charge in [-0.2, -0.15) is 0 Å². The van der Waals surface area contributed by atoms with E-state index >= 15 is 0 Å². The Kier molecular flexibility index (Phi) is 2.25. The fourth-order valence-corrected chi connectivity index (χ4v) is 2.84. The van der Waals surface area contributed by atoms with Crippen LogP contribution in [0.15, 0.2) is 35.5 Å². The van der Waals surface area contributed by atoms with Gasteiger partial charge >= 0.3 is 0 Å². The van der Waals surface area contributed by atoms with Gasteiger partial charge in [-0.05, 0) is 12.5 Å². The molecule has 0 bridgehead atoms. The minimum atomic E-state index is 0.974. The summed E-state index contributed by atoms with van der Waals surface area (Å²) in [5.74, 6) is 1.19. The van der Waals surface area contributed by atoms with Crippen LogP contribution in [0.25, 0.3) is 10.9 Å². The van der Waals surface area contributed by atoms with Crippen LogP contribution in [0.3, 0.4) is 0 Å². The van der Waals surface area contributed by atoms with Crippen LogP contribution in [0.4, 0.5) is 0 Å². The summed E-state index contributed by atoms with van der Waals surface area (Å²) in [7, 11) is 0. The number of thioether (sulfide) groups is 1. The summed E-state index contributed by atoms with van der Waals surface area (Å²) in [4.78, 5) is 7.87. The summed E-state index contributed by atoms with van der Waals surface area (Å²) in [5.41, 5.74) is 2.46. The highest BCUT2D eigenvalue weighted by molar-refractivity contribution is 8.14. The number of H-pyrrole nitrogens is 1. The second-order valence-corrected chi connectivity index (χ2v) is 4.72. The molecule has 2 heterocycles. The number of aromatic nitrogens is 1. The number of benzene rings is 1. The molecule has 1 aromatic heterocycles. The minimum absolute atomic E-state index is 0.974. The first-order chi connectivity index (χ1) is 7.45. The molecule has 0 atom stereocenters. The van der Waals surface area contributed by atoms with E-state index in [0.717, 1.165) is 6.54 Å². The smallest absolute Gasteiger partial charge is 0.0998 e. The summed E-state index contributed by atoms with van der Waals surface area (Å²) in [5, 5.41) is 2.48. The third-order valence-corrected chi connectivity index (χ3v) is 3.73. The van der Waals surface area contributed by atoms with Gasteiger partial charge in [0.25, 0.3) is 0 Å². The molecule has 15 heavy (non-hydrogen) atoms. The van der Waals surface area contributed by atoms with Crippen LogP contribution in [-0.4, -0.2) is 22.3 Å². The van der Waals surface area contributed by atoms with E-state index in [1.165, 1.54) is 33.7 Å². The first-order valence-corrected chi connectivity index (χ1v) is 6.17. The van der Waals surface area contributed by atoms with Crippen molar-refractivity contribution in [1.29, 1.82) is 0 Å². The average molecular weight is 216 g/mol. The molecule has 1 aromatic carbocycles. The molecule has 1 N–H and O–H groups in total. The van der Waals surface area contributed by atoms with E-state index in [1.807, 2.05) is 11.8 Å². The van der Waals surface area contributed by atoms with Gasteiger partial charge in [0.2, 0.25) is 0 Å². The summed E-state index contributed by atoms with van der Waals surface area (Å²) >= 11 is 1.87. The Morgan fingerprint density at radius 2 is 2.20 bits per heavy atom. The molecule has 0 saturated carbocycles. The minimum Gasteiger partial charge on any atom is -0.360 e. The zero-order valence-corrected chi connectivity index (χ0v) is 9.18. The molecule has 0 aliphatic carbocycles. The first-order valence-electron chi connectivity index (χ1n) is 5.19. The maximum absolute atomic E-state index is 4.58. The molecule has 0 spiro atoms. The monoisotopic (exact) mass is 216 g/mol. The molecule has 1 aliphatic heterocycles. The van der Waals surface area contributed by atoms with Crippen molar-refractivity contribution in [3.05, 3.63) is 36.0 Å². The summed E-state index contributed by atoms with van der Waals surface area (Å²) < 4.78 is 0. The van der Waals surface area contributed by atoms with Gasteiger partial charge in [-0.25, -0.2) is 0 Å². The number of hydrogen-bond donors (Lipinski definition) is 1. The van der Waals surface area contributed by atoms with E-state index in [-0.39, 0.29) is 0 Å². The Labute approximate surface area is 92.8 Å². The number of aromatic amines is 1. The molecule has 2 aromatic rings. The second-order valence-electron chi connectivity index (χ2n) is 3.64. The van der Waals surface area contributed by atoms with Gasteiger partial charge < -0.3 is 4.98 Å². The number of para-hydroxylation sites is 1. The largest absolute Gasteiger partial charge is 0.360 e. The van der Waals surface area contributed by atoms with Gasteiger partial charge in [-0.3, -0.25) is 4.99 Å². The van der Waals surface area contributed by atoms with Crippen LogP contribution in [0.1, 0.15) is 12.0 Å². The highest BCUT2D eigenvalue weighted by Gasteiger charge is 2.12. The van der Waals surface area contributed by atoms with Crippen LogP contribution >= 0.6 is 11.8 Å². The average Bonchev–Trinajstić information content (AvgIpc) is 2.74. The lowest BCUT2D eigenvalue weighted by Crippen LogP contribution is -2.04. The van der Waals surface area contributed by atoms with Crippen molar-refractivity contribution in [3.63, 3.8) is 0 Å². The summed E-state index contributed by atoms with van der Waals surface area (Å²) in [6.07, 6.45) is 3.28. The van der Waals surface area contributed by atoms with E-state index in [4.69, 9.17) is 0 Å². The van der Waals surface area contributed by atoms with Gasteiger partial charge in [-0.1, -0.05) is 18.2 Å². The molecule has 0 radical (unpaired) electrons. The summed E-state index contributed by atoms with van der Waals surface area (Å²) in [6, 6.07) is 8.39. The van der Waals surface area contributed by atoms with Gasteiger partial charge in [0.15, 0.2) is 0 Å². The third-order valence-electron chi connectivity index (χ3n) is 2.62. The molecule has 2 nitrogen and oxygen atoms in total. The Hall–Kier alpha value is -1.22. The zero-order valence-electron chi connectivity index (χ0n) is 8.36. The van der Waals surface area contributed by atoms with Gasteiger partial charge in [0.05, 0.1) is 5.04 Å². The van der Waals surface area contributed by atoms with Crippen molar-refractivity contribution in [2.75, 3.05) is 12.3 Å². The predicted octanol–water partition coefficient (Wildman–Crippen LogP) is 3.05. The molecule has 1 aliphatic rings. The van der Waals surface area contributed by atoms with Crippen molar-refractivity contribution >= 4 is 27.7 Å². The molecule has 76 valence electrons. The number of fused-ring (bicyclic) bond motifs is 1. The van der Waals surface area contributed by atoms with Crippen LogP contribution in [-0.2, 0) is 0 Å². The van der Waals surface area contributed by atoms with Crippen molar-refractivity contribution in [2.24, 2.45) is 4.99 Å². The molecule has 0 fully saturated rings. The van der Waals surface area contributed by atoms with Crippen molar-refractivity contribution < 1.29 is 0 Å². The quantitative estimate of drug-likeness (QED) is 0.779. The molecule has 0 amide bonds. The number of hydrogen-bond acceptors (Lipinski definition) is 2. The molecule has 0 saturated heterocycles. The van der Waals surface area contributed by atoms with E-state index in [1.54, 1.807) is 0 Å². The SMILES string of the molecule is c1ccc2c(C3=NCCCS3)c[nH]c2c1. The Balaban J connectivity index is 2.14. The van der Waals surface area contributed by atoms with E-state index in [9.17, 15) is 0 Å². The van der Waals surface area contributed by atoms with Crippen LogP contribution < -0.4 is 0 Å². The first kappa shape index (κ1) is 9.04. The lowest BCUT2D eigenvalue weighted by atomic mass is 10.2. The van der Waals surface area contributed by atoms with Crippen molar-refractivity contribution in [2.45, 2.75) is 6.42 Å². The van der Waals surface area contributed by atoms with Crippen LogP contribution in [0.2, 0.25) is 0 Å². The number of rotatable bonds is 1. The van der Waals surface area contributed by atoms with E-state index < -0.39 is 0 Å².